The fraction of sp³-hybridized carbons (Fsp3) is 0.533. The molecule has 1 aromatic carbocycles. The van der Waals surface area contributed by atoms with E-state index in [1.165, 1.54) is 12.5 Å². The first-order chi connectivity index (χ1) is 8.73. The Morgan fingerprint density at radius 1 is 1.06 bits per heavy atom. The second-order valence-electron chi connectivity index (χ2n) is 5.50. The van der Waals surface area contributed by atoms with Crippen molar-refractivity contribution in [3.05, 3.63) is 30.1 Å². The maximum atomic E-state index is 13.8. The lowest BCUT2D eigenvalue weighted by atomic mass is 9.73. The van der Waals surface area contributed by atoms with E-state index < -0.39 is 0 Å². The number of amides is 1. The molecule has 1 spiro atoms. The van der Waals surface area contributed by atoms with Gasteiger partial charge in [-0.3, -0.25) is 4.79 Å². The molecule has 1 heterocycles. The smallest absolute Gasteiger partial charge is 0.233 e. The monoisotopic (exact) mass is 247 g/mol. The van der Waals surface area contributed by atoms with E-state index in [9.17, 15) is 9.18 Å². The molecule has 18 heavy (non-hydrogen) atoms. The van der Waals surface area contributed by atoms with Gasteiger partial charge < -0.3 is 4.90 Å². The van der Waals surface area contributed by atoms with E-state index in [1.54, 1.807) is 23.1 Å². The minimum absolute atomic E-state index is 0.146. The largest absolute Gasteiger partial charge is 0.309 e. The van der Waals surface area contributed by atoms with Crippen LogP contribution in [0, 0.1) is 11.2 Å². The number of para-hydroxylation sites is 1. The molecule has 1 saturated heterocycles. The molecular formula is C15H18FNO. The fourth-order valence-electron chi connectivity index (χ4n) is 3.41. The van der Waals surface area contributed by atoms with Crippen LogP contribution in [-0.2, 0) is 4.79 Å². The van der Waals surface area contributed by atoms with Crippen LogP contribution in [0.25, 0.3) is 0 Å². The predicted molar refractivity (Wildman–Crippen MR) is 68.9 cm³/mol. The van der Waals surface area contributed by atoms with Gasteiger partial charge in [0, 0.05) is 6.54 Å². The van der Waals surface area contributed by atoms with E-state index in [2.05, 4.69) is 0 Å². The summed E-state index contributed by atoms with van der Waals surface area (Å²) in [5, 5.41) is 0. The summed E-state index contributed by atoms with van der Waals surface area (Å²) in [7, 11) is 0. The van der Waals surface area contributed by atoms with Crippen molar-refractivity contribution in [2.75, 3.05) is 11.4 Å². The third-order valence-corrected chi connectivity index (χ3v) is 4.47. The lowest BCUT2D eigenvalue weighted by molar-refractivity contribution is -0.127. The average molecular weight is 247 g/mol. The number of hydrogen-bond donors (Lipinski definition) is 0. The Bertz CT molecular complexity index is 465. The molecule has 2 fully saturated rings. The Kier molecular flexibility index (Phi) is 2.84. The molecule has 96 valence electrons. The van der Waals surface area contributed by atoms with E-state index in [0.717, 1.165) is 32.1 Å². The van der Waals surface area contributed by atoms with E-state index in [4.69, 9.17) is 0 Å². The number of carbonyl (C=O) groups is 1. The lowest BCUT2D eigenvalue weighted by Gasteiger charge is -2.31. The quantitative estimate of drug-likeness (QED) is 0.743. The first-order valence-electron chi connectivity index (χ1n) is 6.79. The van der Waals surface area contributed by atoms with Crippen LogP contribution in [0.3, 0.4) is 0 Å². The van der Waals surface area contributed by atoms with E-state index in [1.807, 2.05) is 0 Å². The van der Waals surface area contributed by atoms with E-state index >= 15 is 0 Å². The third-order valence-electron chi connectivity index (χ3n) is 4.47. The molecule has 1 aliphatic carbocycles. The Morgan fingerprint density at radius 3 is 2.50 bits per heavy atom. The van der Waals surface area contributed by atoms with Gasteiger partial charge in [-0.25, -0.2) is 4.39 Å². The van der Waals surface area contributed by atoms with Crippen LogP contribution in [0.4, 0.5) is 10.1 Å². The zero-order chi connectivity index (χ0) is 12.6. The highest BCUT2D eigenvalue weighted by molar-refractivity contribution is 6.00. The highest BCUT2D eigenvalue weighted by Crippen LogP contribution is 2.46. The van der Waals surface area contributed by atoms with Crippen molar-refractivity contribution in [2.24, 2.45) is 5.41 Å². The molecule has 3 rings (SSSR count). The topological polar surface area (TPSA) is 20.3 Å². The van der Waals surface area contributed by atoms with Gasteiger partial charge in [-0.05, 0) is 31.4 Å². The van der Waals surface area contributed by atoms with Crippen molar-refractivity contribution in [2.45, 2.75) is 38.5 Å². The average Bonchev–Trinajstić information content (AvgIpc) is 2.69. The molecule has 3 heteroatoms. The van der Waals surface area contributed by atoms with Crippen molar-refractivity contribution in [1.29, 1.82) is 0 Å². The number of carbonyl (C=O) groups excluding carboxylic acids is 1. The standard InChI is InChI=1S/C15H18FNO/c16-12-6-2-3-7-13(12)17-11-10-15(14(17)18)8-4-1-5-9-15/h2-3,6-7H,1,4-5,8-11H2. The number of halogens is 1. The van der Waals surface area contributed by atoms with Gasteiger partial charge in [0.2, 0.25) is 5.91 Å². The normalized spacial score (nSPS) is 22.7. The van der Waals surface area contributed by atoms with Crippen molar-refractivity contribution in [1.82, 2.24) is 0 Å². The minimum Gasteiger partial charge on any atom is -0.309 e. The van der Waals surface area contributed by atoms with Gasteiger partial charge in [0.1, 0.15) is 5.82 Å². The third kappa shape index (κ3) is 1.73. The van der Waals surface area contributed by atoms with Crippen molar-refractivity contribution in [3.8, 4) is 0 Å². The molecule has 1 saturated carbocycles. The van der Waals surface area contributed by atoms with Gasteiger partial charge in [0.15, 0.2) is 0 Å². The van der Waals surface area contributed by atoms with Crippen LogP contribution in [0.15, 0.2) is 24.3 Å². The van der Waals surface area contributed by atoms with Gasteiger partial charge >= 0.3 is 0 Å². The Labute approximate surface area is 107 Å². The van der Waals surface area contributed by atoms with Gasteiger partial charge in [-0.1, -0.05) is 31.4 Å². The first kappa shape index (κ1) is 11.7. The molecule has 0 radical (unpaired) electrons. The zero-order valence-electron chi connectivity index (χ0n) is 10.5. The summed E-state index contributed by atoms with van der Waals surface area (Å²) in [5.41, 5.74) is 0.269. The Hall–Kier alpha value is -1.38. The Morgan fingerprint density at radius 2 is 1.78 bits per heavy atom. The summed E-state index contributed by atoms with van der Waals surface area (Å²) in [6.07, 6.45) is 6.36. The maximum absolute atomic E-state index is 13.8. The number of anilines is 1. The Balaban J connectivity index is 1.89. The van der Waals surface area contributed by atoms with Crippen molar-refractivity contribution >= 4 is 11.6 Å². The summed E-state index contributed by atoms with van der Waals surface area (Å²) in [5.74, 6) is -0.147. The van der Waals surface area contributed by atoms with Crippen molar-refractivity contribution < 1.29 is 9.18 Å². The highest BCUT2D eigenvalue weighted by atomic mass is 19.1. The zero-order valence-corrected chi connectivity index (χ0v) is 10.5. The van der Waals surface area contributed by atoms with Gasteiger partial charge in [-0.2, -0.15) is 0 Å². The van der Waals surface area contributed by atoms with Crippen LogP contribution >= 0.6 is 0 Å². The maximum Gasteiger partial charge on any atom is 0.233 e. The highest BCUT2D eigenvalue weighted by Gasteiger charge is 2.47. The number of rotatable bonds is 1. The SMILES string of the molecule is O=C1N(c2ccccc2F)CCC12CCCCC2. The molecular weight excluding hydrogens is 229 g/mol. The summed E-state index contributed by atoms with van der Waals surface area (Å²) in [6, 6.07) is 6.58. The van der Waals surface area contributed by atoms with Crippen LogP contribution in [-0.4, -0.2) is 12.5 Å². The second kappa shape index (κ2) is 4.38. The van der Waals surface area contributed by atoms with E-state index in [-0.39, 0.29) is 17.1 Å². The molecule has 1 aromatic rings. The molecule has 1 amide bonds. The van der Waals surface area contributed by atoms with Gasteiger partial charge in [-0.15, -0.1) is 0 Å². The molecule has 2 aliphatic rings. The van der Waals surface area contributed by atoms with Crippen LogP contribution < -0.4 is 4.90 Å². The molecule has 0 unspecified atom stereocenters. The predicted octanol–water partition coefficient (Wildman–Crippen LogP) is 3.51. The molecule has 0 aromatic heterocycles. The summed E-state index contributed by atoms with van der Waals surface area (Å²) < 4.78 is 13.8. The van der Waals surface area contributed by atoms with Gasteiger partial charge in [0.25, 0.3) is 0 Å². The number of nitrogens with zero attached hydrogens (tertiary/aromatic N) is 1. The molecule has 0 N–H and O–H groups in total. The number of hydrogen-bond acceptors (Lipinski definition) is 1. The van der Waals surface area contributed by atoms with Crippen LogP contribution in [0.2, 0.25) is 0 Å². The van der Waals surface area contributed by atoms with E-state index in [0.29, 0.717) is 12.2 Å². The van der Waals surface area contributed by atoms with Crippen molar-refractivity contribution in [3.63, 3.8) is 0 Å². The van der Waals surface area contributed by atoms with Gasteiger partial charge in [0.05, 0.1) is 11.1 Å². The lowest BCUT2D eigenvalue weighted by Crippen LogP contribution is -2.36. The molecule has 1 aliphatic heterocycles. The summed E-state index contributed by atoms with van der Waals surface area (Å²) in [4.78, 5) is 14.2. The fourth-order valence-corrected chi connectivity index (χ4v) is 3.41. The molecule has 2 nitrogen and oxygen atoms in total. The minimum atomic E-state index is -0.293. The van der Waals surface area contributed by atoms with Crippen LogP contribution in [0.1, 0.15) is 38.5 Å². The first-order valence-corrected chi connectivity index (χ1v) is 6.79. The van der Waals surface area contributed by atoms with Crippen LogP contribution in [0.5, 0.6) is 0 Å². The number of benzene rings is 1. The molecule has 0 atom stereocenters. The summed E-state index contributed by atoms with van der Waals surface area (Å²) in [6.45, 7) is 0.666. The second-order valence-corrected chi connectivity index (χ2v) is 5.50. The molecule has 0 bridgehead atoms. The summed E-state index contributed by atoms with van der Waals surface area (Å²) >= 11 is 0.